The van der Waals surface area contributed by atoms with E-state index in [-0.39, 0.29) is 0 Å². The Morgan fingerprint density at radius 2 is 2.10 bits per heavy atom. The van der Waals surface area contributed by atoms with Crippen molar-refractivity contribution in [1.82, 2.24) is 9.80 Å². The highest BCUT2D eigenvalue weighted by atomic mass is 19.1. The monoisotopic (exact) mass is 280 g/mol. The van der Waals surface area contributed by atoms with Crippen LogP contribution in [0.25, 0.3) is 0 Å². The fourth-order valence-corrected chi connectivity index (χ4v) is 3.60. The van der Waals surface area contributed by atoms with E-state index in [1.165, 1.54) is 25.5 Å². The van der Waals surface area contributed by atoms with Crippen molar-refractivity contribution < 1.29 is 8.78 Å². The van der Waals surface area contributed by atoms with Crippen molar-refractivity contribution in [2.24, 2.45) is 0 Å². The molecule has 3 rings (SSSR count). The quantitative estimate of drug-likeness (QED) is 0.840. The van der Waals surface area contributed by atoms with Crippen LogP contribution in [0.1, 0.15) is 31.7 Å². The largest absolute Gasteiger partial charge is 0.298 e. The van der Waals surface area contributed by atoms with Gasteiger partial charge in [0, 0.05) is 43.3 Å². The number of rotatable bonds is 3. The molecule has 1 aromatic carbocycles. The molecule has 0 amide bonds. The molecule has 0 saturated carbocycles. The van der Waals surface area contributed by atoms with E-state index in [0.29, 0.717) is 24.2 Å². The van der Waals surface area contributed by atoms with E-state index >= 15 is 0 Å². The zero-order valence-corrected chi connectivity index (χ0v) is 12.0. The van der Waals surface area contributed by atoms with Gasteiger partial charge in [-0.2, -0.15) is 0 Å². The maximum Gasteiger partial charge on any atom is 0.130 e. The molecule has 2 aliphatic rings. The normalized spacial score (nSPS) is 27.8. The number of hydrogen-bond acceptors (Lipinski definition) is 2. The summed E-state index contributed by atoms with van der Waals surface area (Å²) in [5.74, 6) is -0.924. The molecule has 110 valence electrons. The molecule has 0 spiro atoms. The summed E-state index contributed by atoms with van der Waals surface area (Å²) in [6.45, 7) is 6.09. The zero-order valence-electron chi connectivity index (χ0n) is 12.0. The predicted molar refractivity (Wildman–Crippen MR) is 75.4 cm³/mol. The minimum absolute atomic E-state index is 0.422. The van der Waals surface area contributed by atoms with Crippen LogP contribution in [-0.2, 0) is 6.54 Å². The van der Waals surface area contributed by atoms with Crippen molar-refractivity contribution in [3.63, 3.8) is 0 Å². The van der Waals surface area contributed by atoms with Crippen LogP contribution in [0.15, 0.2) is 18.2 Å². The van der Waals surface area contributed by atoms with E-state index in [4.69, 9.17) is 0 Å². The van der Waals surface area contributed by atoms with Gasteiger partial charge in [-0.15, -0.1) is 0 Å². The fraction of sp³-hybridized carbons (Fsp3) is 0.625. The van der Waals surface area contributed by atoms with E-state index in [2.05, 4.69) is 16.7 Å². The Kier molecular flexibility index (Phi) is 4.03. The summed E-state index contributed by atoms with van der Waals surface area (Å²) in [6, 6.07) is 5.03. The van der Waals surface area contributed by atoms with E-state index in [9.17, 15) is 8.78 Å². The Morgan fingerprint density at radius 1 is 1.25 bits per heavy atom. The van der Waals surface area contributed by atoms with Crippen LogP contribution in [0.3, 0.4) is 0 Å². The van der Waals surface area contributed by atoms with E-state index < -0.39 is 11.6 Å². The van der Waals surface area contributed by atoms with Crippen LogP contribution < -0.4 is 0 Å². The maximum atomic E-state index is 13.8. The minimum atomic E-state index is -0.501. The highest BCUT2D eigenvalue weighted by Crippen LogP contribution is 2.27. The first-order chi connectivity index (χ1) is 9.67. The van der Waals surface area contributed by atoms with Crippen molar-refractivity contribution in [3.8, 4) is 0 Å². The van der Waals surface area contributed by atoms with Crippen LogP contribution in [0.5, 0.6) is 0 Å². The lowest BCUT2D eigenvalue weighted by Gasteiger charge is -2.43. The van der Waals surface area contributed by atoms with Crippen LogP contribution in [0, 0.1) is 11.6 Å². The summed E-state index contributed by atoms with van der Waals surface area (Å²) in [7, 11) is 0. The molecule has 0 radical (unpaired) electrons. The number of fused-ring (bicyclic) bond motifs is 1. The second-order valence-electron chi connectivity index (χ2n) is 6.02. The number of benzene rings is 1. The molecule has 20 heavy (non-hydrogen) atoms. The Bertz CT molecular complexity index is 478. The molecule has 4 heteroatoms. The first kappa shape index (κ1) is 14.0. The fourth-order valence-electron chi connectivity index (χ4n) is 3.60. The van der Waals surface area contributed by atoms with E-state index in [0.717, 1.165) is 25.6 Å². The van der Waals surface area contributed by atoms with Gasteiger partial charge in [0.25, 0.3) is 0 Å². The Labute approximate surface area is 119 Å². The summed E-state index contributed by atoms with van der Waals surface area (Å²) in [5.41, 5.74) is 0.608. The smallest absolute Gasteiger partial charge is 0.130 e. The van der Waals surface area contributed by atoms with Crippen LogP contribution in [0.4, 0.5) is 8.78 Å². The molecule has 2 aliphatic heterocycles. The van der Waals surface area contributed by atoms with Crippen molar-refractivity contribution >= 4 is 0 Å². The molecule has 2 saturated heterocycles. The molecular formula is C16H22F2N2. The van der Waals surface area contributed by atoms with Crippen LogP contribution >= 0.6 is 0 Å². The van der Waals surface area contributed by atoms with Crippen molar-refractivity contribution in [2.75, 3.05) is 19.6 Å². The highest BCUT2D eigenvalue weighted by molar-refractivity contribution is 5.18. The summed E-state index contributed by atoms with van der Waals surface area (Å²) in [6.07, 6.45) is 3.60. The Hall–Kier alpha value is -1.00. The minimum Gasteiger partial charge on any atom is -0.298 e. The molecule has 1 aromatic rings. The lowest BCUT2D eigenvalue weighted by molar-refractivity contribution is 0.0430. The first-order valence-corrected chi connectivity index (χ1v) is 7.59. The second-order valence-corrected chi connectivity index (χ2v) is 6.02. The van der Waals surface area contributed by atoms with Gasteiger partial charge in [-0.1, -0.05) is 13.0 Å². The summed E-state index contributed by atoms with van der Waals surface area (Å²) < 4.78 is 26.8. The molecule has 2 heterocycles. The molecule has 2 nitrogen and oxygen atoms in total. The third-order valence-electron chi connectivity index (χ3n) is 4.77. The molecule has 0 N–H and O–H groups in total. The van der Waals surface area contributed by atoms with Gasteiger partial charge < -0.3 is 0 Å². The van der Waals surface area contributed by atoms with Crippen LogP contribution in [0.2, 0.25) is 0 Å². The van der Waals surface area contributed by atoms with Gasteiger partial charge in [-0.25, -0.2) is 8.78 Å². The van der Waals surface area contributed by atoms with Gasteiger partial charge in [0.1, 0.15) is 11.6 Å². The average molecular weight is 280 g/mol. The molecule has 0 aliphatic carbocycles. The van der Waals surface area contributed by atoms with Gasteiger partial charge in [0.15, 0.2) is 0 Å². The molecule has 2 fully saturated rings. The van der Waals surface area contributed by atoms with E-state index in [1.54, 1.807) is 6.07 Å². The molecule has 2 atom stereocenters. The standard InChI is InChI=1S/C16H22F2N2/c1-2-14-10-19-7-3-4-15(19)11-20(14)9-12-5-6-13(17)8-16(12)18/h5-6,8,14-15H,2-4,7,9-11H2,1H3. The van der Waals surface area contributed by atoms with Gasteiger partial charge >= 0.3 is 0 Å². The van der Waals surface area contributed by atoms with Crippen molar-refractivity contribution in [2.45, 2.75) is 44.8 Å². The Morgan fingerprint density at radius 3 is 2.85 bits per heavy atom. The van der Waals surface area contributed by atoms with Crippen molar-refractivity contribution in [1.29, 1.82) is 0 Å². The van der Waals surface area contributed by atoms with Crippen LogP contribution in [-0.4, -0.2) is 41.5 Å². The average Bonchev–Trinajstić information content (AvgIpc) is 2.88. The summed E-state index contributed by atoms with van der Waals surface area (Å²) in [4.78, 5) is 4.95. The lowest BCUT2D eigenvalue weighted by atomic mass is 10.0. The Balaban J connectivity index is 1.74. The van der Waals surface area contributed by atoms with Gasteiger partial charge in [-0.3, -0.25) is 9.80 Å². The van der Waals surface area contributed by atoms with Crippen molar-refractivity contribution in [3.05, 3.63) is 35.4 Å². The third kappa shape index (κ3) is 2.72. The second kappa shape index (κ2) is 5.78. The zero-order chi connectivity index (χ0) is 14.1. The third-order valence-corrected chi connectivity index (χ3v) is 4.77. The number of piperazine rings is 1. The van der Waals surface area contributed by atoms with Gasteiger partial charge in [-0.05, 0) is 31.9 Å². The maximum absolute atomic E-state index is 13.8. The first-order valence-electron chi connectivity index (χ1n) is 7.59. The SMILES string of the molecule is CCC1CN2CCCC2CN1Cc1ccc(F)cc1F. The molecule has 0 aromatic heterocycles. The topological polar surface area (TPSA) is 6.48 Å². The predicted octanol–water partition coefficient (Wildman–Crippen LogP) is 3.02. The number of halogens is 2. The highest BCUT2D eigenvalue weighted by Gasteiger charge is 2.35. The molecule has 2 unspecified atom stereocenters. The van der Waals surface area contributed by atoms with Gasteiger partial charge in [0.2, 0.25) is 0 Å². The lowest BCUT2D eigenvalue weighted by Crippen LogP contribution is -2.55. The number of hydrogen-bond donors (Lipinski definition) is 0. The molecule has 0 bridgehead atoms. The number of nitrogens with zero attached hydrogens (tertiary/aromatic N) is 2. The van der Waals surface area contributed by atoms with E-state index in [1.807, 2.05) is 0 Å². The summed E-state index contributed by atoms with van der Waals surface area (Å²) in [5, 5.41) is 0. The van der Waals surface area contributed by atoms with Gasteiger partial charge in [0.05, 0.1) is 0 Å². The molecular weight excluding hydrogens is 258 g/mol. The summed E-state index contributed by atoms with van der Waals surface area (Å²) >= 11 is 0.